The van der Waals surface area contributed by atoms with E-state index >= 15 is 0 Å². The van der Waals surface area contributed by atoms with Gasteiger partial charge in [0.15, 0.2) is 79.7 Å². The Balaban J connectivity index is 0.000000500. The fourth-order valence-electron chi connectivity index (χ4n) is 11.7. The van der Waals surface area contributed by atoms with Gasteiger partial charge >= 0.3 is 57.4 Å². The van der Waals surface area contributed by atoms with Crippen LogP contribution in [0.3, 0.4) is 0 Å². The van der Waals surface area contributed by atoms with Crippen molar-refractivity contribution in [3.8, 4) is 68.6 Å². The van der Waals surface area contributed by atoms with Crippen LogP contribution in [0.2, 0.25) is 0 Å². The number of carbonyl (C=O) groups excluding carboxylic acids is 6. The second-order valence-corrected chi connectivity index (χ2v) is 28.4. The van der Waals surface area contributed by atoms with Crippen molar-refractivity contribution in [3.63, 3.8) is 0 Å². The maximum absolute atomic E-state index is 12.4. The van der Waals surface area contributed by atoms with Gasteiger partial charge in [0.25, 0.3) is 5.24 Å². The van der Waals surface area contributed by atoms with Crippen molar-refractivity contribution in [1.29, 1.82) is 0 Å². The van der Waals surface area contributed by atoms with E-state index in [9.17, 15) is 58.8 Å². The van der Waals surface area contributed by atoms with Crippen molar-refractivity contribution in [2.45, 2.75) is 69.7 Å². The minimum absolute atomic E-state index is 0. The monoisotopic (exact) mass is 1780 g/mol. The quantitative estimate of drug-likeness (QED) is 0.0111. The molecule has 27 heteroatoms. The third-order valence-electron chi connectivity index (χ3n) is 18.7. The van der Waals surface area contributed by atoms with E-state index < -0.39 is 22.7 Å². The van der Waals surface area contributed by atoms with Gasteiger partial charge in [0.1, 0.15) is 17.3 Å². The number of nitrogens with zero attached hydrogens (tertiary/aromatic N) is 5. The first-order valence-corrected chi connectivity index (χ1v) is 37.0. The number of halogens is 2. The van der Waals surface area contributed by atoms with Gasteiger partial charge in [-0.3, -0.25) is 33.6 Å². The first-order valence-electron chi connectivity index (χ1n) is 36.6. The molecule has 642 valence electrons. The van der Waals surface area contributed by atoms with Crippen molar-refractivity contribution in [3.05, 3.63) is 276 Å². The SMILES string of the molecule is Br.C.C.CC(=O)c1ccc(C)c(C)c1OC(=O)c1ccc(N(C)C)cc1.CN(C)c1ccc(-c2cc(=O)c3ccc(O)c(O)c3o2)cc1.CN(C)c1ccc(C(=O)Cl)cc1.COc1c(C)ccc(C(=O)CC(=O)c2ccc(N(C)C)cc2)c1O.COc1c(C)ccc(C(C)=O)c1O.COc1c(C)ccc2c(=O)cc(-c3ccc(N(C)C)cc3)oc12.[K+].[OH-]. The maximum atomic E-state index is 12.4. The second kappa shape index (κ2) is 48.7. The smallest absolute Gasteiger partial charge is 0.870 e. The average molecular weight is 1780 g/mol. The van der Waals surface area contributed by atoms with E-state index in [4.69, 9.17) is 39.4 Å². The van der Waals surface area contributed by atoms with Crippen LogP contribution >= 0.6 is 28.6 Å². The molecule has 0 amide bonds. The van der Waals surface area contributed by atoms with Gasteiger partial charge in [-0.1, -0.05) is 39.1 Å². The van der Waals surface area contributed by atoms with E-state index in [-0.39, 0.29) is 163 Å². The van der Waals surface area contributed by atoms with Crippen LogP contribution in [0.15, 0.2) is 213 Å². The van der Waals surface area contributed by atoms with Crippen LogP contribution in [0.4, 0.5) is 28.4 Å². The van der Waals surface area contributed by atoms with Gasteiger partial charge in [-0.2, -0.15) is 0 Å². The zero-order chi connectivity index (χ0) is 86.6. The molecule has 24 nitrogen and oxygen atoms in total. The van der Waals surface area contributed by atoms with E-state index in [2.05, 4.69) is 0 Å². The van der Waals surface area contributed by atoms with Gasteiger partial charge in [-0.15, -0.1) is 17.0 Å². The van der Waals surface area contributed by atoms with Gasteiger partial charge in [-0.25, -0.2) is 4.79 Å². The Morgan fingerprint density at radius 3 is 1.11 bits per heavy atom. The summed E-state index contributed by atoms with van der Waals surface area (Å²) in [7, 11) is 23.9. The predicted octanol–water partition coefficient (Wildman–Crippen LogP) is 16.5. The van der Waals surface area contributed by atoms with Crippen LogP contribution < -0.4 is 106 Å². The normalized spacial score (nSPS) is 9.94. The van der Waals surface area contributed by atoms with Crippen LogP contribution in [0.5, 0.6) is 46.0 Å². The summed E-state index contributed by atoms with van der Waals surface area (Å²) in [4.78, 5) is 105. The number of Topliss-reactive ketones (excluding diaryl/α,β-unsaturated/α-hetero) is 4. The standard InChI is InChI=1S/C19H21NO4.C19H19NO3.C19H21NO3.C17H15NO4.C10H12O3.C9H10ClNO.2CH4.BrH.K.H2O/c1-12-5-10-15(18(23)19(12)24-4)17(22)11-16(21)13-6-8-14(9-7-13)20(2)3;1-12-5-10-15-16(21)11-17(23-19(15)18(12)22-4)13-6-8-14(9-7-13)20(2)3;1-12-6-11-17(14(3)21)18(13(12)2)23-19(22)15-7-9-16(10-8-15)20(4)5;1-18(2)11-5-3-10(4-6-11)15-9-14(20)12-7-8-13(19)16(21)17(12)22-15;1-6-4-5-8(7(2)11)9(12)10(6)13-3;1-11(2)8-5-3-7(4-6-8)9(10)12;;;;;/h5-10,23H,11H2,1-4H3;5-11H,1-4H3;6-11H,1-5H3;3-9,19,21H,1-2H3;4-5,12H,1-3H3;3-6H,1-2H3;2*1H4;1H;;1H2/q;;;;;;;;;+1;/p-1. The van der Waals surface area contributed by atoms with Gasteiger partial charge in [0.05, 0.1) is 60.8 Å². The van der Waals surface area contributed by atoms with Crippen LogP contribution in [-0.2, 0) is 0 Å². The summed E-state index contributed by atoms with van der Waals surface area (Å²) >= 11 is 5.28. The molecule has 0 unspecified atom stereocenters. The predicted molar refractivity (Wildman–Crippen MR) is 490 cm³/mol. The van der Waals surface area contributed by atoms with Crippen molar-refractivity contribution in [2.24, 2.45) is 0 Å². The second-order valence-electron chi connectivity index (χ2n) is 28.1. The van der Waals surface area contributed by atoms with Gasteiger partial charge in [0, 0.05) is 133 Å². The number of aromatic hydroxyl groups is 4. The summed E-state index contributed by atoms with van der Waals surface area (Å²) in [6.45, 7) is 12.1. The Labute approximate surface area is 770 Å². The number of methoxy groups -OCH3 is 3. The van der Waals surface area contributed by atoms with E-state index in [1.54, 1.807) is 80.8 Å². The molecule has 0 bridgehead atoms. The number of esters is 1. The number of benzene rings is 10. The number of rotatable bonds is 19. The molecule has 12 aromatic rings. The number of hydrogen-bond donors (Lipinski definition) is 4. The number of ketones is 4. The average Bonchev–Trinajstić information content (AvgIpc) is 0.784. The number of carbonyl (C=O) groups is 6. The fourth-order valence-corrected chi connectivity index (χ4v) is 11.8. The van der Waals surface area contributed by atoms with Gasteiger partial charge < -0.3 is 78.2 Å². The Morgan fingerprint density at radius 2 is 0.713 bits per heavy atom. The topological polar surface area (TPSA) is 327 Å². The number of anilines is 5. The molecule has 122 heavy (non-hydrogen) atoms. The fraction of sp³-hybridized carbons (Fsp3) is 0.242. The third kappa shape index (κ3) is 27.5. The molecular weight excluding hydrogens is 1670 g/mol. The Kier molecular flexibility index (Phi) is 42.5. The zero-order valence-corrected chi connectivity index (χ0v) is 76.7. The molecule has 0 aliphatic carbocycles. The Morgan fingerprint density at radius 1 is 0.385 bits per heavy atom. The largest absolute Gasteiger partial charge is 1.00 e. The molecule has 0 radical (unpaired) electrons. The molecule has 2 heterocycles. The molecule has 0 aliphatic heterocycles. The molecule has 0 fully saturated rings. The maximum Gasteiger partial charge on any atom is 1.00 e. The summed E-state index contributed by atoms with van der Waals surface area (Å²) in [6.07, 6.45) is -0.304. The Bertz CT molecular complexity index is 5720. The number of fused-ring (bicyclic) bond motifs is 2. The zero-order valence-electron chi connectivity index (χ0n) is 71.2. The van der Waals surface area contributed by atoms with Gasteiger partial charge in [0.2, 0.25) is 5.75 Å². The number of phenols is 4. The van der Waals surface area contributed by atoms with E-state index in [1.165, 1.54) is 58.4 Å². The molecular formula is C95H108BrClKN5O19. The van der Waals surface area contributed by atoms with Crippen LogP contribution in [-0.4, -0.2) is 152 Å². The van der Waals surface area contributed by atoms with Crippen molar-refractivity contribution >= 4 is 113 Å². The number of aryl methyl sites for hydroxylation is 4. The van der Waals surface area contributed by atoms with Crippen LogP contribution in [0.1, 0.15) is 125 Å². The number of phenolic OH excluding ortho intramolecular Hbond substituents is 4. The first-order chi connectivity index (χ1) is 55.3. The molecule has 0 saturated heterocycles. The summed E-state index contributed by atoms with van der Waals surface area (Å²) in [5.74, 6) is -0.0921. The van der Waals surface area contributed by atoms with E-state index in [0.29, 0.717) is 73.1 Å². The number of ether oxygens (including phenoxy) is 4. The summed E-state index contributed by atoms with van der Waals surface area (Å²) in [5.41, 5.74) is 13.3. The minimum Gasteiger partial charge on any atom is -0.870 e. The molecule has 12 rings (SSSR count). The van der Waals surface area contributed by atoms with Crippen molar-refractivity contribution < 1.29 is 134 Å². The summed E-state index contributed by atoms with van der Waals surface area (Å²) in [5, 5.41) is 39.5. The molecule has 0 atom stereocenters. The molecule has 5 N–H and O–H groups in total. The summed E-state index contributed by atoms with van der Waals surface area (Å²) < 4.78 is 32.6. The van der Waals surface area contributed by atoms with Crippen molar-refractivity contribution in [1.82, 2.24) is 0 Å². The minimum atomic E-state index is -0.466. The Hall–Kier alpha value is -11.6. The third-order valence-corrected chi connectivity index (χ3v) is 18.9. The molecule has 0 saturated carbocycles. The molecule has 0 spiro atoms. The number of hydrogen-bond acceptors (Lipinski definition) is 24. The van der Waals surface area contributed by atoms with Crippen LogP contribution in [0, 0.1) is 34.6 Å². The van der Waals surface area contributed by atoms with Gasteiger partial charge in [-0.05, 0) is 246 Å². The van der Waals surface area contributed by atoms with E-state index in [0.717, 1.165) is 61.8 Å². The van der Waals surface area contributed by atoms with E-state index in [1.807, 2.05) is 220 Å². The molecule has 0 aliphatic rings. The molecule has 10 aromatic carbocycles. The van der Waals surface area contributed by atoms with Crippen molar-refractivity contribution in [2.75, 3.05) is 116 Å². The first kappa shape index (κ1) is 106. The van der Waals surface area contributed by atoms with Crippen LogP contribution in [0.25, 0.3) is 44.6 Å². The molecule has 2 aromatic heterocycles. The summed E-state index contributed by atoms with van der Waals surface area (Å²) in [6, 6.07) is 56.0.